The highest BCUT2D eigenvalue weighted by atomic mass is 19.3. The summed E-state index contributed by atoms with van der Waals surface area (Å²) in [6.45, 7) is 4.52. The smallest absolute Gasteiger partial charge is 0.250 e. The summed E-state index contributed by atoms with van der Waals surface area (Å²) in [5.74, 6) is -2.50. The summed E-state index contributed by atoms with van der Waals surface area (Å²) < 4.78 is 33.0. The number of hydrogen-bond acceptors (Lipinski definition) is 2. The lowest BCUT2D eigenvalue weighted by molar-refractivity contribution is -0.131. The van der Waals surface area contributed by atoms with E-state index >= 15 is 0 Å². The molecule has 0 amide bonds. The summed E-state index contributed by atoms with van der Waals surface area (Å²) in [7, 11) is 0. The van der Waals surface area contributed by atoms with Gasteiger partial charge in [-0.25, -0.2) is 8.78 Å². The largest absolute Gasteiger partial charge is 0.375 e. The molecule has 2 bridgehead atoms. The standard InChI is InChI=1S/C16H27F2NO/c1-11(2)19-12-5-6-13(19)9-15(8-12)20-14-4-3-7-16(17,18)10-14/h11-15H,3-10H2,1-2H3/t12-,13+,14-,15?/m0/s1. The van der Waals surface area contributed by atoms with Gasteiger partial charge in [-0.05, 0) is 52.4 Å². The molecule has 1 aliphatic carbocycles. The Labute approximate surface area is 120 Å². The topological polar surface area (TPSA) is 12.5 Å². The van der Waals surface area contributed by atoms with Crippen LogP contribution in [0.1, 0.15) is 65.2 Å². The lowest BCUT2D eigenvalue weighted by Crippen LogP contribution is -2.49. The maximum Gasteiger partial charge on any atom is 0.250 e. The molecular formula is C16H27F2NO. The second kappa shape index (κ2) is 5.53. The van der Waals surface area contributed by atoms with E-state index < -0.39 is 5.92 Å². The lowest BCUT2D eigenvalue weighted by atomic mass is 9.92. The fourth-order valence-corrected chi connectivity index (χ4v) is 4.63. The van der Waals surface area contributed by atoms with Crippen molar-refractivity contribution < 1.29 is 13.5 Å². The predicted octanol–water partition coefficient (Wildman–Crippen LogP) is 3.98. The molecule has 2 saturated heterocycles. The van der Waals surface area contributed by atoms with E-state index in [0.717, 1.165) is 19.3 Å². The zero-order valence-electron chi connectivity index (χ0n) is 12.7. The molecule has 0 radical (unpaired) electrons. The molecule has 3 rings (SSSR count). The van der Waals surface area contributed by atoms with Crippen molar-refractivity contribution in [1.29, 1.82) is 0 Å². The van der Waals surface area contributed by atoms with Crippen molar-refractivity contribution in [1.82, 2.24) is 4.90 Å². The van der Waals surface area contributed by atoms with Gasteiger partial charge in [0, 0.05) is 31.0 Å². The number of rotatable bonds is 3. The van der Waals surface area contributed by atoms with Crippen molar-refractivity contribution in [2.45, 2.75) is 101 Å². The van der Waals surface area contributed by atoms with E-state index in [0.29, 0.717) is 24.5 Å². The zero-order valence-corrected chi connectivity index (χ0v) is 12.7. The van der Waals surface area contributed by atoms with E-state index in [2.05, 4.69) is 18.7 Å². The van der Waals surface area contributed by atoms with Crippen molar-refractivity contribution in [3.05, 3.63) is 0 Å². The minimum absolute atomic E-state index is 0.0455. The quantitative estimate of drug-likeness (QED) is 0.778. The molecule has 1 unspecified atom stereocenters. The Kier molecular flexibility index (Phi) is 4.06. The Hall–Kier alpha value is -0.220. The number of nitrogens with zero attached hydrogens (tertiary/aromatic N) is 1. The van der Waals surface area contributed by atoms with Crippen LogP contribution in [0.3, 0.4) is 0 Å². The Morgan fingerprint density at radius 1 is 1.05 bits per heavy atom. The van der Waals surface area contributed by atoms with Gasteiger partial charge in [-0.15, -0.1) is 0 Å². The van der Waals surface area contributed by atoms with Crippen LogP contribution in [0.25, 0.3) is 0 Å². The van der Waals surface area contributed by atoms with Gasteiger partial charge in [0.15, 0.2) is 0 Å². The number of piperidine rings is 1. The van der Waals surface area contributed by atoms with Crippen molar-refractivity contribution in [2.75, 3.05) is 0 Å². The van der Waals surface area contributed by atoms with Crippen LogP contribution in [0.4, 0.5) is 8.78 Å². The fraction of sp³-hybridized carbons (Fsp3) is 1.00. The number of fused-ring (bicyclic) bond motifs is 2. The van der Waals surface area contributed by atoms with Gasteiger partial charge in [0.25, 0.3) is 5.92 Å². The Morgan fingerprint density at radius 2 is 1.70 bits per heavy atom. The Bertz CT molecular complexity index is 333. The Balaban J connectivity index is 1.56. The van der Waals surface area contributed by atoms with Gasteiger partial charge in [0.05, 0.1) is 12.2 Å². The lowest BCUT2D eigenvalue weighted by Gasteiger charge is -2.43. The van der Waals surface area contributed by atoms with Gasteiger partial charge in [-0.1, -0.05) is 0 Å². The van der Waals surface area contributed by atoms with Crippen molar-refractivity contribution in [2.24, 2.45) is 0 Å². The summed E-state index contributed by atoms with van der Waals surface area (Å²) in [6, 6.07) is 1.82. The molecule has 3 fully saturated rings. The summed E-state index contributed by atoms with van der Waals surface area (Å²) in [4.78, 5) is 2.62. The Morgan fingerprint density at radius 3 is 2.25 bits per heavy atom. The second-order valence-corrected chi connectivity index (χ2v) is 7.23. The molecule has 0 aromatic heterocycles. The normalized spacial score (nSPS) is 41.2. The van der Waals surface area contributed by atoms with Gasteiger partial charge in [-0.2, -0.15) is 0 Å². The number of alkyl halides is 2. The van der Waals surface area contributed by atoms with Crippen LogP contribution in [0.2, 0.25) is 0 Å². The van der Waals surface area contributed by atoms with E-state index in [-0.39, 0.29) is 25.0 Å². The monoisotopic (exact) mass is 287 g/mol. The predicted molar refractivity (Wildman–Crippen MR) is 75.1 cm³/mol. The average molecular weight is 287 g/mol. The summed E-state index contributed by atoms with van der Waals surface area (Å²) in [6.07, 6.45) is 5.98. The van der Waals surface area contributed by atoms with Crippen LogP contribution in [-0.2, 0) is 4.74 Å². The molecule has 3 aliphatic rings. The molecule has 2 aliphatic heterocycles. The van der Waals surface area contributed by atoms with E-state index in [9.17, 15) is 8.78 Å². The van der Waals surface area contributed by atoms with Gasteiger partial charge < -0.3 is 4.74 Å². The molecular weight excluding hydrogens is 260 g/mol. The third-order valence-electron chi connectivity index (χ3n) is 5.32. The van der Waals surface area contributed by atoms with Crippen molar-refractivity contribution in [3.63, 3.8) is 0 Å². The van der Waals surface area contributed by atoms with Gasteiger partial charge in [0.2, 0.25) is 0 Å². The van der Waals surface area contributed by atoms with Crippen LogP contribution in [0.5, 0.6) is 0 Å². The molecule has 0 spiro atoms. The van der Waals surface area contributed by atoms with Crippen molar-refractivity contribution >= 4 is 0 Å². The maximum atomic E-state index is 13.5. The maximum absolute atomic E-state index is 13.5. The van der Waals surface area contributed by atoms with Crippen LogP contribution in [-0.4, -0.2) is 41.2 Å². The number of halogens is 2. The third-order valence-corrected chi connectivity index (χ3v) is 5.32. The molecule has 0 aromatic rings. The van der Waals surface area contributed by atoms with Crippen LogP contribution < -0.4 is 0 Å². The third kappa shape index (κ3) is 3.01. The highest BCUT2D eigenvalue weighted by Crippen LogP contribution is 2.41. The first kappa shape index (κ1) is 14.7. The van der Waals surface area contributed by atoms with Crippen molar-refractivity contribution in [3.8, 4) is 0 Å². The molecule has 0 N–H and O–H groups in total. The van der Waals surface area contributed by atoms with E-state index in [1.54, 1.807) is 0 Å². The molecule has 20 heavy (non-hydrogen) atoms. The zero-order chi connectivity index (χ0) is 14.3. The molecule has 1 saturated carbocycles. The molecule has 4 atom stereocenters. The summed E-state index contributed by atoms with van der Waals surface area (Å²) in [5.41, 5.74) is 0. The first-order chi connectivity index (χ1) is 9.44. The molecule has 2 nitrogen and oxygen atoms in total. The minimum atomic E-state index is -2.50. The second-order valence-electron chi connectivity index (χ2n) is 7.23. The SMILES string of the molecule is CC(C)N1[C@@H]2CC[C@H]1CC(O[C@H]1CCCC(F)(F)C1)C2. The van der Waals surface area contributed by atoms with E-state index in [4.69, 9.17) is 4.74 Å². The van der Waals surface area contributed by atoms with Crippen LogP contribution in [0.15, 0.2) is 0 Å². The van der Waals surface area contributed by atoms with Crippen LogP contribution in [0, 0.1) is 0 Å². The first-order valence-electron chi connectivity index (χ1n) is 8.25. The van der Waals surface area contributed by atoms with E-state index in [1.165, 1.54) is 12.8 Å². The summed E-state index contributed by atoms with van der Waals surface area (Å²) in [5, 5.41) is 0. The number of hydrogen-bond donors (Lipinski definition) is 0. The van der Waals surface area contributed by atoms with E-state index in [1.807, 2.05) is 0 Å². The molecule has 0 aromatic carbocycles. The molecule has 4 heteroatoms. The summed E-state index contributed by atoms with van der Waals surface area (Å²) >= 11 is 0. The number of ether oxygens (including phenoxy) is 1. The first-order valence-corrected chi connectivity index (χ1v) is 8.25. The molecule has 116 valence electrons. The van der Waals surface area contributed by atoms with Gasteiger partial charge in [0.1, 0.15) is 0 Å². The average Bonchev–Trinajstić information content (AvgIpc) is 2.60. The minimum Gasteiger partial charge on any atom is -0.375 e. The van der Waals surface area contributed by atoms with Crippen LogP contribution >= 0.6 is 0 Å². The fourth-order valence-electron chi connectivity index (χ4n) is 4.63. The van der Waals surface area contributed by atoms with Gasteiger partial charge in [-0.3, -0.25) is 4.90 Å². The molecule has 2 heterocycles. The van der Waals surface area contributed by atoms with Gasteiger partial charge >= 0.3 is 0 Å². The highest BCUT2D eigenvalue weighted by molar-refractivity contribution is 4.97. The highest BCUT2D eigenvalue weighted by Gasteiger charge is 2.44.